The van der Waals surface area contributed by atoms with E-state index in [9.17, 15) is 0 Å². The molecule has 0 aromatic rings. The van der Waals surface area contributed by atoms with Crippen LogP contribution in [0, 0.1) is 5.92 Å². The van der Waals surface area contributed by atoms with Crippen molar-refractivity contribution in [3.8, 4) is 0 Å². The average molecular weight is 241 g/mol. The Balaban J connectivity index is 1.97. The van der Waals surface area contributed by atoms with Gasteiger partial charge in [0.1, 0.15) is 0 Å². The molecule has 1 spiro atoms. The first-order chi connectivity index (χ1) is 8.21. The van der Waals surface area contributed by atoms with E-state index in [1.807, 2.05) is 7.11 Å². The molecule has 100 valence electrons. The van der Waals surface area contributed by atoms with Gasteiger partial charge in [-0.3, -0.25) is 0 Å². The zero-order chi connectivity index (χ0) is 12.3. The number of likely N-dealkylation sites (N-methyl/N-ethyl adjacent to an activating group) is 1. The van der Waals surface area contributed by atoms with Crippen LogP contribution in [0.1, 0.15) is 46.0 Å². The Bertz CT molecular complexity index is 240. The van der Waals surface area contributed by atoms with Crippen LogP contribution in [0.5, 0.6) is 0 Å². The zero-order valence-corrected chi connectivity index (χ0v) is 11.5. The van der Waals surface area contributed by atoms with E-state index in [0.29, 0.717) is 12.0 Å². The number of ether oxygens (including phenoxy) is 2. The van der Waals surface area contributed by atoms with Gasteiger partial charge in [0, 0.05) is 19.8 Å². The predicted octanol–water partition coefficient (Wildman–Crippen LogP) is 2.35. The lowest BCUT2D eigenvalue weighted by molar-refractivity contribution is -0.151. The summed E-state index contributed by atoms with van der Waals surface area (Å²) in [7, 11) is 1.81. The Hall–Kier alpha value is -0.120. The van der Waals surface area contributed by atoms with Gasteiger partial charge in [-0.25, -0.2) is 0 Å². The lowest BCUT2D eigenvalue weighted by atomic mass is 9.70. The van der Waals surface area contributed by atoms with E-state index in [4.69, 9.17) is 9.47 Å². The fraction of sp³-hybridized carbons (Fsp3) is 1.00. The third-order valence-electron chi connectivity index (χ3n) is 4.62. The summed E-state index contributed by atoms with van der Waals surface area (Å²) in [6.45, 7) is 6.30. The molecule has 0 radical (unpaired) electrons. The molecule has 2 aliphatic rings. The van der Waals surface area contributed by atoms with E-state index < -0.39 is 0 Å². The minimum Gasteiger partial charge on any atom is -0.380 e. The van der Waals surface area contributed by atoms with E-state index in [1.54, 1.807) is 0 Å². The minimum absolute atomic E-state index is 0.240. The highest BCUT2D eigenvalue weighted by molar-refractivity contribution is 4.97. The van der Waals surface area contributed by atoms with Gasteiger partial charge in [-0.05, 0) is 51.5 Å². The first-order valence-electron chi connectivity index (χ1n) is 7.11. The Morgan fingerprint density at radius 3 is 2.76 bits per heavy atom. The molecule has 0 bridgehead atoms. The van der Waals surface area contributed by atoms with Crippen molar-refractivity contribution in [2.24, 2.45) is 5.92 Å². The summed E-state index contributed by atoms with van der Waals surface area (Å²) >= 11 is 0. The Labute approximate surface area is 105 Å². The van der Waals surface area contributed by atoms with Gasteiger partial charge >= 0.3 is 0 Å². The third kappa shape index (κ3) is 2.83. The van der Waals surface area contributed by atoms with Crippen LogP contribution in [0.25, 0.3) is 0 Å². The quantitative estimate of drug-likeness (QED) is 0.801. The van der Waals surface area contributed by atoms with Crippen molar-refractivity contribution in [3.63, 3.8) is 0 Å². The lowest BCUT2D eigenvalue weighted by Gasteiger charge is -2.49. The molecule has 3 heteroatoms. The van der Waals surface area contributed by atoms with Gasteiger partial charge in [0.2, 0.25) is 0 Å². The van der Waals surface area contributed by atoms with Crippen molar-refractivity contribution in [1.82, 2.24) is 5.32 Å². The van der Waals surface area contributed by atoms with E-state index >= 15 is 0 Å². The van der Waals surface area contributed by atoms with Gasteiger partial charge in [0.15, 0.2) is 0 Å². The van der Waals surface area contributed by atoms with Gasteiger partial charge in [-0.15, -0.1) is 0 Å². The molecular formula is C14H27NO2. The van der Waals surface area contributed by atoms with E-state index in [-0.39, 0.29) is 11.7 Å². The Morgan fingerprint density at radius 1 is 1.47 bits per heavy atom. The largest absolute Gasteiger partial charge is 0.380 e. The summed E-state index contributed by atoms with van der Waals surface area (Å²) < 4.78 is 11.5. The van der Waals surface area contributed by atoms with Gasteiger partial charge in [-0.2, -0.15) is 0 Å². The molecule has 3 atom stereocenters. The summed E-state index contributed by atoms with van der Waals surface area (Å²) in [6, 6.07) is 0.478. The van der Waals surface area contributed by atoms with Crippen LogP contribution in [-0.2, 0) is 9.47 Å². The fourth-order valence-electron chi connectivity index (χ4n) is 3.39. The van der Waals surface area contributed by atoms with Gasteiger partial charge in [0.05, 0.1) is 11.7 Å². The standard InChI is InChI=1S/C14H27NO2/c1-4-15-13(11(2)16-3)12-6-9-17-14(10-12)7-5-8-14/h11-13,15H,4-10H2,1-3H3. The highest BCUT2D eigenvalue weighted by Gasteiger charge is 2.44. The summed E-state index contributed by atoms with van der Waals surface area (Å²) in [5, 5.41) is 3.61. The maximum Gasteiger partial charge on any atom is 0.0698 e. The molecule has 2 rings (SSSR count). The normalized spacial score (nSPS) is 30.9. The maximum absolute atomic E-state index is 6.00. The van der Waals surface area contributed by atoms with Gasteiger partial charge < -0.3 is 14.8 Å². The van der Waals surface area contributed by atoms with Crippen LogP contribution in [-0.4, -0.2) is 38.0 Å². The van der Waals surface area contributed by atoms with Crippen LogP contribution in [0.2, 0.25) is 0 Å². The highest BCUT2D eigenvalue weighted by Crippen LogP contribution is 2.45. The average Bonchev–Trinajstić information content (AvgIpc) is 2.33. The Morgan fingerprint density at radius 2 is 2.24 bits per heavy atom. The maximum atomic E-state index is 6.00. The van der Waals surface area contributed by atoms with Gasteiger partial charge in [-0.1, -0.05) is 6.92 Å². The van der Waals surface area contributed by atoms with Crippen LogP contribution in [0.3, 0.4) is 0 Å². The number of hydrogen-bond donors (Lipinski definition) is 1. The van der Waals surface area contributed by atoms with Crippen molar-refractivity contribution in [3.05, 3.63) is 0 Å². The van der Waals surface area contributed by atoms with Crippen LogP contribution in [0.15, 0.2) is 0 Å². The molecule has 2 fully saturated rings. The smallest absolute Gasteiger partial charge is 0.0698 e. The number of rotatable bonds is 5. The number of nitrogens with one attached hydrogen (secondary N) is 1. The second-order valence-electron chi connectivity index (χ2n) is 5.66. The lowest BCUT2D eigenvalue weighted by Crippen LogP contribution is -2.53. The monoisotopic (exact) mass is 241 g/mol. The van der Waals surface area contributed by atoms with Crippen LogP contribution < -0.4 is 5.32 Å². The van der Waals surface area contributed by atoms with Crippen LogP contribution >= 0.6 is 0 Å². The number of methoxy groups -OCH3 is 1. The molecule has 1 aliphatic heterocycles. The second kappa shape index (κ2) is 5.68. The summed E-state index contributed by atoms with van der Waals surface area (Å²) in [4.78, 5) is 0. The summed E-state index contributed by atoms with van der Waals surface area (Å²) in [6.07, 6.45) is 6.56. The zero-order valence-electron chi connectivity index (χ0n) is 11.5. The molecule has 1 saturated heterocycles. The molecule has 17 heavy (non-hydrogen) atoms. The first-order valence-corrected chi connectivity index (χ1v) is 7.11. The first kappa shape index (κ1) is 13.3. The molecule has 0 amide bonds. The van der Waals surface area contributed by atoms with Crippen molar-refractivity contribution < 1.29 is 9.47 Å². The molecular weight excluding hydrogens is 214 g/mol. The predicted molar refractivity (Wildman–Crippen MR) is 69.2 cm³/mol. The molecule has 1 heterocycles. The molecule has 1 N–H and O–H groups in total. The third-order valence-corrected chi connectivity index (χ3v) is 4.62. The SMILES string of the molecule is CCNC(C1CCOC2(CCC2)C1)C(C)OC. The Kier molecular flexibility index (Phi) is 4.45. The highest BCUT2D eigenvalue weighted by atomic mass is 16.5. The molecule has 1 saturated carbocycles. The summed E-state index contributed by atoms with van der Waals surface area (Å²) in [5.41, 5.74) is 0.240. The van der Waals surface area contributed by atoms with Crippen molar-refractivity contribution >= 4 is 0 Å². The molecule has 0 aromatic carbocycles. The summed E-state index contributed by atoms with van der Waals surface area (Å²) in [5.74, 6) is 0.707. The van der Waals surface area contributed by atoms with E-state index in [0.717, 1.165) is 13.2 Å². The van der Waals surface area contributed by atoms with Gasteiger partial charge in [0.25, 0.3) is 0 Å². The van der Waals surface area contributed by atoms with Crippen molar-refractivity contribution in [2.45, 2.75) is 63.7 Å². The number of hydrogen-bond acceptors (Lipinski definition) is 3. The molecule has 3 unspecified atom stereocenters. The minimum atomic E-state index is 0.240. The molecule has 0 aromatic heterocycles. The van der Waals surface area contributed by atoms with Crippen molar-refractivity contribution in [1.29, 1.82) is 0 Å². The van der Waals surface area contributed by atoms with E-state index in [1.165, 1.54) is 32.1 Å². The van der Waals surface area contributed by atoms with Crippen molar-refractivity contribution in [2.75, 3.05) is 20.3 Å². The molecule has 3 nitrogen and oxygen atoms in total. The fourth-order valence-corrected chi connectivity index (χ4v) is 3.39. The van der Waals surface area contributed by atoms with Crippen LogP contribution in [0.4, 0.5) is 0 Å². The van der Waals surface area contributed by atoms with E-state index in [2.05, 4.69) is 19.2 Å². The topological polar surface area (TPSA) is 30.5 Å². The molecule has 1 aliphatic carbocycles. The second-order valence-corrected chi connectivity index (χ2v) is 5.66.